The van der Waals surface area contributed by atoms with Crippen molar-refractivity contribution in [3.05, 3.63) is 54.2 Å². The molecule has 0 radical (unpaired) electrons. The number of rotatable bonds is 7. The topological polar surface area (TPSA) is 54.5 Å². The van der Waals surface area contributed by atoms with Crippen LogP contribution in [0.15, 0.2) is 48.7 Å². The van der Waals surface area contributed by atoms with Crippen molar-refractivity contribution in [2.45, 2.75) is 19.6 Å². The van der Waals surface area contributed by atoms with E-state index in [0.717, 1.165) is 5.56 Å². The number of anilines is 1. The molecule has 1 aliphatic heterocycles. The number of pyridine rings is 1. The zero-order valence-corrected chi connectivity index (χ0v) is 13.6. The summed E-state index contributed by atoms with van der Waals surface area (Å²) in [7, 11) is 0. The third kappa shape index (κ3) is 4.89. The molecule has 0 aliphatic carbocycles. The summed E-state index contributed by atoms with van der Waals surface area (Å²) < 4.78 is 28.5. The molecule has 0 unspecified atom stereocenters. The van der Waals surface area contributed by atoms with Gasteiger partial charge in [0.2, 0.25) is 5.91 Å². The molecule has 1 aromatic heterocycles. The van der Waals surface area contributed by atoms with E-state index in [4.69, 9.17) is 0 Å². The molecule has 1 atom stereocenters. The number of aromatic nitrogens is 1. The van der Waals surface area contributed by atoms with Gasteiger partial charge in [-0.05, 0) is 17.7 Å². The van der Waals surface area contributed by atoms with Crippen molar-refractivity contribution in [3.8, 4) is 5.75 Å². The first kappa shape index (κ1) is 17.1. The highest BCUT2D eigenvalue weighted by molar-refractivity contribution is 5.78. The number of ether oxygens (including phenoxy) is 1. The Hall–Kier alpha value is -2.70. The first-order valence-electron chi connectivity index (χ1n) is 8.06. The Kier molecular flexibility index (Phi) is 5.42. The van der Waals surface area contributed by atoms with Crippen molar-refractivity contribution in [1.29, 1.82) is 0 Å². The second-order valence-corrected chi connectivity index (χ2v) is 5.97. The quantitative estimate of drug-likeness (QED) is 0.836. The second-order valence-electron chi connectivity index (χ2n) is 5.97. The van der Waals surface area contributed by atoms with Gasteiger partial charge in [0.15, 0.2) is 0 Å². The maximum Gasteiger partial charge on any atom is 0.387 e. The Morgan fingerprint density at radius 1 is 1.24 bits per heavy atom. The summed E-state index contributed by atoms with van der Waals surface area (Å²) >= 11 is 0. The molecule has 0 spiro atoms. The lowest BCUT2D eigenvalue weighted by Crippen LogP contribution is -2.25. The Balaban J connectivity index is 1.48. The molecule has 25 heavy (non-hydrogen) atoms. The van der Waals surface area contributed by atoms with Crippen LogP contribution < -0.4 is 10.1 Å². The Labute approximate surface area is 144 Å². The lowest BCUT2D eigenvalue weighted by molar-refractivity contribution is -0.128. The number of carbonyl (C=O) groups is 1. The van der Waals surface area contributed by atoms with E-state index in [0.29, 0.717) is 31.9 Å². The Morgan fingerprint density at radius 3 is 2.72 bits per heavy atom. The van der Waals surface area contributed by atoms with E-state index in [9.17, 15) is 13.6 Å². The number of hydrogen-bond donors (Lipinski definition) is 1. The lowest BCUT2D eigenvalue weighted by Gasteiger charge is -2.17. The molecule has 5 nitrogen and oxygen atoms in total. The first-order chi connectivity index (χ1) is 12.1. The number of hydrogen-bond acceptors (Lipinski definition) is 4. The van der Waals surface area contributed by atoms with Crippen LogP contribution in [-0.4, -0.2) is 35.5 Å². The van der Waals surface area contributed by atoms with E-state index in [1.54, 1.807) is 6.07 Å². The molecule has 1 amide bonds. The van der Waals surface area contributed by atoms with Crippen LogP contribution in [0.2, 0.25) is 0 Å². The predicted octanol–water partition coefficient (Wildman–Crippen LogP) is 3.14. The standard InChI is InChI=1S/C18H19F2N3O2/c19-18(20)25-15-6-7-16(22-10-15)21-9-14-8-17(24)23(12-14)11-13-4-2-1-3-5-13/h1-7,10,14,18H,8-9,11-12H2,(H,21,22)/t14-/m1/s1. The summed E-state index contributed by atoms with van der Waals surface area (Å²) in [5, 5.41) is 3.14. The van der Waals surface area contributed by atoms with Gasteiger partial charge in [0.25, 0.3) is 0 Å². The average Bonchev–Trinajstić information content (AvgIpc) is 2.94. The largest absolute Gasteiger partial charge is 0.433 e. The second kappa shape index (κ2) is 7.92. The number of benzene rings is 1. The van der Waals surface area contributed by atoms with Gasteiger partial charge in [-0.3, -0.25) is 4.79 Å². The van der Waals surface area contributed by atoms with E-state index in [1.165, 1.54) is 12.3 Å². The molecule has 0 saturated carbocycles. The van der Waals surface area contributed by atoms with Crippen LogP contribution in [0, 0.1) is 5.92 Å². The smallest absolute Gasteiger partial charge is 0.387 e. The molecule has 1 aromatic carbocycles. The van der Waals surface area contributed by atoms with Gasteiger partial charge < -0.3 is 15.0 Å². The number of likely N-dealkylation sites (tertiary alicyclic amines) is 1. The van der Waals surface area contributed by atoms with Gasteiger partial charge in [-0.25, -0.2) is 4.98 Å². The molecular formula is C18H19F2N3O2. The third-order valence-electron chi connectivity index (χ3n) is 4.04. The monoisotopic (exact) mass is 347 g/mol. The molecule has 132 valence electrons. The van der Waals surface area contributed by atoms with E-state index in [1.807, 2.05) is 35.2 Å². The lowest BCUT2D eigenvalue weighted by atomic mass is 10.1. The maximum atomic E-state index is 12.1. The molecule has 1 N–H and O–H groups in total. The minimum absolute atomic E-state index is 0.0191. The van der Waals surface area contributed by atoms with Crippen LogP contribution in [0.4, 0.5) is 14.6 Å². The van der Waals surface area contributed by atoms with Crippen LogP contribution in [0.5, 0.6) is 5.75 Å². The highest BCUT2D eigenvalue weighted by atomic mass is 19.3. The van der Waals surface area contributed by atoms with Crippen LogP contribution in [-0.2, 0) is 11.3 Å². The van der Waals surface area contributed by atoms with Crippen LogP contribution >= 0.6 is 0 Å². The van der Waals surface area contributed by atoms with E-state index >= 15 is 0 Å². The zero-order chi connectivity index (χ0) is 17.6. The maximum absolute atomic E-state index is 12.1. The van der Waals surface area contributed by atoms with Crippen molar-refractivity contribution in [1.82, 2.24) is 9.88 Å². The Morgan fingerprint density at radius 2 is 2.04 bits per heavy atom. The summed E-state index contributed by atoms with van der Waals surface area (Å²) in [5.41, 5.74) is 1.11. The van der Waals surface area contributed by atoms with E-state index in [-0.39, 0.29) is 17.6 Å². The summed E-state index contributed by atoms with van der Waals surface area (Å²) in [6.07, 6.45) is 1.74. The van der Waals surface area contributed by atoms with Crippen molar-refractivity contribution < 1.29 is 18.3 Å². The van der Waals surface area contributed by atoms with Crippen molar-refractivity contribution in [3.63, 3.8) is 0 Å². The number of nitrogens with zero attached hydrogens (tertiary/aromatic N) is 2. The van der Waals surface area contributed by atoms with Gasteiger partial charge in [-0.1, -0.05) is 30.3 Å². The van der Waals surface area contributed by atoms with Crippen LogP contribution in [0.25, 0.3) is 0 Å². The third-order valence-corrected chi connectivity index (χ3v) is 4.04. The van der Waals surface area contributed by atoms with Gasteiger partial charge in [0.05, 0.1) is 6.20 Å². The normalized spacial score (nSPS) is 17.2. The molecule has 3 rings (SSSR count). The molecule has 2 aromatic rings. The minimum atomic E-state index is -2.86. The van der Waals surface area contributed by atoms with Gasteiger partial charge in [-0.2, -0.15) is 8.78 Å². The Bertz CT molecular complexity index is 695. The van der Waals surface area contributed by atoms with E-state index in [2.05, 4.69) is 15.0 Å². The highest BCUT2D eigenvalue weighted by Gasteiger charge is 2.29. The summed E-state index contributed by atoms with van der Waals surface area (Å²) in [4.78, 5) is 18.0. The summed E-state index contributed by atoms with van der Waals surface area (Å²) in [6.45, 7) is -0.957. The molecular weight excluding hydrogens is 328 g/mol. The summed E-state index contributed by atoms with van der Waals surface area (Å²) in [5.74, 6) is 0.917. The number of alkyl halides is 2. The predicted molar refractivity (Wildman–Crippen MR) is 89.3 cm³/mol. The SMILES string of the molecule is O=C1C[C@H](CNc2ccc(OC(F)F)cn2)CN1Cc1ccccc1. The highest BCUT2D eigenvalue weighted by Crippen LogP contribution is 2.21. The van der Waals surface area contributed by atoms with Gasteiger partial charge in [0.1, 0.15) is 11.6 Å². The van der Waals surface area contributed by atoms with Gasteiger partial charge in [0, 0.05) is 32.0 Å². The average molecular weight is 347 g/mol. The first-order valence-corrected chi connectivity index (χ1v) is 8.06. The van der Waals surface area contributed by atoms with E-state index < -0.39 is 6.61 Å². The number of amides is 1. The number of halogens is 2. The fraction of sp³-hybridized carbons (Fsp3) is 0.333. The molecule has 1 fully saturated rings. The molecule has 2 heterocycles. The molecule has 7 heteroatoms. The molecule has 1 aliphatic rings. The molecule has 0 bridgehead atoms. The van der Waals surface area contributed by atoms with Gasteiger partial charge >= 0.3 is 6.61 Å². The minimum Gasteiger partial charge on any atom is -0.433 e. The van der Waals surface area contributed by atoms with Crippen molar-refractivity contribution in [2.24, 2.45) is 5.92 Å². The fourth-order valence-corrected chi connectivity index (χ4v) is 2.85. The number of carbonyl (C=O) groups excluding carboxylic acids is 1. The van der Waals surface area contributed by atoms with Crippen LogP contribution in [0.3, 0.4) is 0 Å². The van der Waals surface area contributed by atoms with Crippen molar-refractivity contribution >= 4 is 11.7 Å². The van der Waals surface area contributed by atoms with Gasteiger partial charge in [-0.15, -0.1) is 0 Å². The zero-order valence-electron chi connectivity index (χ0n) is 13.6. The fourth-order valence-electron chi connectivity index (χ4n) is 2.85. The number of nitrogens with one attached hydrogen (secondary N) is 1. The summed E-state index contributed by atoms with van der Waals surface area (Å²) in [6, 6.07) is 12.9. The van der Waals surface area contributed by atoms with Crippen LogP contribution in [0.1, 0.15) is 12.0 Å². The van der Waals surface area contributed by atoms with Crippen molar-refractivity contribution in [2.75, 3.05) is 18.4 Å². The molecule has 1 saturated heterocycles.